The summed E-state index contributed by atoms with van der Waals surface area (Å²) in [5.41, 5.74) is -3.63. The molecule has 3 saturated carbocycles. The zero-order chi connectivity index (χ0) is 49.5. The number of Topliss-reactive ketones (excluding diaryl/α,β-unsaturated/α-hetero) is 1. The molecule has 17 nitrogen and oxygen atoms in total. The maximum absolute atomic E-state index is 15.6. The molecular weight excluding hydrogens is 883 g/mol. The summed E-state index contributed by atoms with van der Waals surface area (Å²) in [4.78, 5) is 111. The van der Waals surface area contributed by atoms with Crippen LogP contribution in [-0.4, -0.2) is 103 Å². The van der Waals surface area contributed by atoms with Gasteiger partial charge in [-0.1, -0.05) is 69.3 Å². The van der Waals surface area contributed by atoms with E-state index in [2.05, 4.69) is 5.32 Å². The van der Waals surface area contributed by atoms with Crippen LogP contribution >= 0.6 is 0 Å². The van der Waals surface area contributed by atoms with E-state index >= 15 is 9.59 Å². The van der Waals surface area contributed by atoms with Crippen molar-refractivity contribution < 1.29 is 76.3 Å². The van der Waals surface area contributed by atoms with Crippen molar-refractivity contribution in [1.82, 2.24) is 5.32 Å². The molecule has 2 aromatic rings. The predicted molar refractivity (Wildman–Crippen MR) is 238 cm³/mol. The quantitative estimate of drug-likeness (QED) is 0.126. The molecule has 17 heteroatoms. The second kappa shape index (κ2) is 19.1. The number of rotatable bonds is 14. The Hall–Kier alpha value is -6.10. The number of amides is 1. The lowest BCUT2D eigenvalue weighted by Crippen LogP contribution is -2.74. The minimum absolute atomic E-state index is 0.0233. The summed E-state index contributed by atoms with van der Waals surface area (Å²) >= 11 is 0. The molecule has 1 aliphatic heterocycles. The summed E-state index contributed by atoms with van der Waals surface area (Å²) in [5, 5.41) is 2.66. The molecule has 1 unspecified atom stereocenters. The zero-order valence-electron chi connectivity index (χ0n) is 40.0. The molecule has 2 bridgehead atoms. The molecule has 0 radical (unpaired) electrons. The number of alkyl carbamates (subject to hydrolysis) is 1. The summed E-state index contributed by atoms with van der Waals surface area (Å²) in [5.74, 6) is -7.67. The molecule has 1 spiro atoms. The summed E-state index contributed by atoms with van der Waals surface area (Å²) in [7, 11) is 0. The standard InChI is InChI=1S/C51H61NO16/c1-10-17-36(55)61-25-37(56)65-42(39(30-18-13-11-14-19-30)52-47(60)68-48(5,6)7)46(59)64-34-23-33-40(66-45(58)31-20-15-12-16-21-31)43-50(24-32(50)22-35-51(43,26-62-35)67-29(4)54)44(57)41(63-28(3)53)38(27(34)2)49(33,8)9/h11-16,18-21,32-35,39-43H,10,17,22-26H2,1-9H3,(H,52,60)/t32-,33?,34+,35-,39+,40-,41-,42-,43+,50-,51+/m1/s1. The van der Waals surface area contributed by atoms with Crippen molar-refractivity contribution in [1.29, 1.82) is 0 Å². The highest BCUT2D eigenvalue weighted by Crippen LogP contribution is 2.74. The summed E-state index contributed by atoms with van der Waals surface area (Å²) in [6.45, 7) is 13.5. The largest absolute Gasteiger partial charge is 0.458 e. The summed E-state index contributed by atoms with van der Waals surface area (Å²) < 4.78 is 47.9. The average molecular weight is 944 g/mol. The van der Waals surface area contributed by atoms with Gasteiger partial charge in [-0.3, -0.25) is 19.2 Å². The number of esters is 6. The first kappa shape index (κ1) is 49.8. The van der Waals surface area contributed by atoms with Crippen LogP contribution in [0.2, 0.25) is 0 Å². The van der Waals surface area contributed by atoms with E-state index in [4.69, 9.17) is 37.9 Å². The number of ketones is 1. The topological polar surface area (TPSA) is 222 Å². The zero-order valence-corrected chi connectivity index (χ0v) is 40.0. The van der Waals surface area contributed by atoms with E-state index in [1.165, 1.54) is 13.8 Å². The smallest absolute Gasteiger partial charge is 0.408 e. The van der Waals surface area contributed by atoms with E-state index in [0.717, 1.165) is 0 Å². The highest BCUT2D eigenvalue weighted by atomic mass is 16.6. The van der Waals surface area contributed by atoms with Crippen LogP contribution < -0.4 is 5.32 Å². The van der Waals surface area contributed by atoms with Crippen LogP contribution in [0.4, 0.5) is 4.79 Å². The van der Waals surface area contributed by atoms with Gasteiger partial charge in [-0.25, -0.2) is 19.2 Å². The van der Waals surface area contributed by atoms with Crippen LogP contribution in [0.1, 0.15) is 116 Å². The minimum atomic E-state index is -1.94. The third-order valence-electron chi connectivity index (χ3n) is 14.0. The number of benzene rings is 2. The van der Waals surface area contributed by atoms with Gasteiger partial charge in [-0.05, 0) is 93.6 Å². The number of ether oxygens (including phenoxy) is 8. The van der Waals surface area contributed by atoms with E-state index < -0.39 is 125 Å². The van der Waals surface area contributed by atoms with Crippen molar-refractivity contribution in [3.05, 3.63) is 82.9 Å². The van der Waals surface area contributed by atoms with Crippen LogP contribution in [0.15, 0.2) is 71.8 Å². The summed E-state index contributed by atoms with van der Waals surface area (Å²) in [6, 6.07) is 15.0. The SMILES string of the molecule is CCCC(=O)OCC(=O)O[C@@H](C(=O)O[C@H]1CC2[C@@H](OC(=O)c3ccccc3)[C@@H]3[C@]4(OC(C)=O)CO[C@@H]4C[C@@H]4C[C@@]43C(=O)[C@H](OC(C)=O)C(=C1C)C2(C)C)[C@@H](NC(=O)OC(C)(C)C)c1ccccc1. The van der Waals surface area contributed by atoms with Gasteiger partial charge in [0.15, 0.2) is 24.1 Å². The van der Waals surface area contributed by atoms with Crippen molar-refractivity contribution in [2.24, 2.45) is 28.6 Å². The third-order valence-corrected chi connectivity index (χ3v) is 14.0. The Labute approximate surface area is 395 Å². The van der Waals surface area contributed by atoms with Gasteiger partial charge in [0.05, 0.1) is 18.1 Å². The fraction of sp³-hybridized carbons (Fsp3) is 0.569. The lowest BCUT2D eigenvalue weighted by atomic mass is 9.50. The number of fused-ring (bicyclic) bond motifs is 4. The number of carbonyl (C=O) groups excluding carboxylic acids is 8. The van der Waals surface area contributed by atoms with Gasteiger partial charge in [0.1, 0.15) is 30.0 Å². The van der Waals surface area contributed by atoms with Gasteiger partial charge >= 0.3 is 41.9 Å². The summed E-state index contributed by atoms with van der Waals surface area (Å²) in [6.07, 6.45) is -6.42. The molecular formula is C51H61NO16. The normalized spacial score (nSPS) is 29.5. The van der Waals surface area contributed by atoms with Crippen molar-refractivity contribution >= 4 is 47.7 Å². The van der Waals surface area contributed by atoms with Crippen LogP contribution in [0.25, 0.3) is 0 Å². The first-order valence-electron chi connectivity index (χ1n) is 23.1. The van der Waals surface area contributed by atoms with Gasteiger partial charge in [0.25, 0.3) is 0 Å². The first-order valence-corrected chi connectivity index (χ1v) is 23.1. The molecule has 1 heterocycles. The second-order valence-corrected chi connectivity index (χ2v) is 20.0. The Morgan fingerprint density at radius 1 is 0.868 bits per heavy atom. The van der Waals surface area contributed by atoms with Crippen molar-refractivity contribution in [2.45, 2.75) is 142 Å². The molecule has 1 saturated heterocycles. The predicted octanol–water partition coefficient (Wildman–Crippen LogP) is 6.25. The molecule has 1 amide bonds. The number of nitrogens with one attached hydrogen (secondary N) is 1. The van der Waals surface area contributed by atoms with E-state index in [1.807, 2.05) is 13.8 Å². The minimum Gasteiger partial charge on any atom is -0.458 e. The maximum Gasteiger partial charge on any atom is 0.408 e. The highest BCUT2D eigenvalue weighted by molar-refractivity contribution is 5.97. The molecule has 4 aliphatic carbocycles. The first-order chi connectivity index (χ1) is 32.0. The van der Waals surface area contributed by atoms with Crippen LogP contribution in [0, 0.1) is 28.6 Å². The van der Waals surface area contributed by atoms with Gasteiger partial charge in [-0.2, -0.15) is 0 Å². The van der Waals surface area contributed by atoms with E-state index in [9.17, 15) is 28.8 Å². The molecule has 7 rings (SSSR count). The van der Waals surface area contributed by atoms with Crippen molar-refractivity contribution in [2.75, 3.05) is 13.2 Å². The Morgan fingerprint density at radius 2 is 1.53 bits per heavy atom. The Bertz CT molecular complexity index is 2350. The Balaban J connectivity index is 1.36. The molecule has 5 aliphatic rings. The van der Waals surface area contributed by atoms with Gasteiger partial charge in [0.2, 0.25) is 6.10 Å². The Kier molecular flexibility index (Phi) is 14.0. The number of hydrogen-bond acceptors (Lipinski definition) is 16. The van der Waals surface area contributed by atoms with Gasteiger partial charge in [-0.15, -0.1) is 0 Å². The highest BCUT2D eigenvalue weighted by Gasteiger charge is 2.82. The third kappa shape index (κ3) is 9.63. The van der Waals surface area contributed by atoms with Crippen molar-refractivity contribution in [3.63, 3.8) is 0 Å². The second-order valence-electron chi connectivity index (χ2n) is 20.0. The van der Waals surface area contributed by atoms with Crippen molar-refractivity contribution in [3.8, 4) is 0 Å². The molecule has 4 fully saturated rings. The number of carbonyl (C=O) groups is 8. The fourth-order valence-electron chi connectivity index (χ4n) is 11.2. The van der Waals surface area contributed by atoms with Gasteiger partial charge < -0.3 is 43.2 Å². The maximum atomic E-state index is 15.6. The molecule has 366 valence electrons. The molecule has 11 atom stereocenters. The lowest BCUT2D eigenvalue weighted by Gasteiger charge is -2.62. The van der Waals surface area contributed by atoms with Gasteiger partial charge in [0, 0.05) is 31.6 Å². The molecule has 2 aromatic carbocycles. The van der Waals surface area contributed by atoms with Crippen LogP contribution in [-0.2, 0) is 66.7 Å². The lowest BCUT2D eigenvalue weighted by molar-refractivity contribution is -0.311. The molecule has 1 N–H and O–H groups in total. The Morgan fingerprint density at radius 3 is 2.12 bits per heavy atom. The molecule has 0 aromatic heterocycles. The fourth-order valence-corrected chi connectivity index (χ4v) is 11.2. The molecule has 68 heavy (non-hydrogen) atoms. The van der Waals surface area contributed by atoms with Crippen LogP contribution in [0.5, 0.6) is 0 Å². The average Bonchev–Trinajstić information content (AvgIpc) is 3.99. The number of hydrogen-bond donors (Lipinski definition) is 1. The monoisotopic (exact) mass is 943 g/mol. The van der Waals surface area contributed by atoms with E-state index in [1.54, 1.807) is 95.3 Å². The van der Waals surface area contributed by atoms with E-state index in [-0.39, 0.29) is 30.9 Å². The van der Waals surface area contributed by atoms with E-state index in [0.29, 0.717) is 36.0 Å². The van der Waals surface area contributed by atoms with Crippen LogP contribution in [0.3, 0.4) is 0 Å².